The maximum absolute atomic E-state index is 5.47. The number of rotatable bonds is 4. The standard InChI is InChI=1S/C16H18N6O/c1-11-9-15(23-19-11)14-3-2-8-22(14)10-12-4-6-13(7-5-12)16-17-20-21-18-16/h4-7,9,14H,2-3,8,10H2,1H3,(H,17,18,20,21)/t14-/m1/s1. The highest BCUT2D eigenvalue weighted by atomic mass is 16.5. The summed E-state index contributed by atoms with van der Waals surface area (Å²) >= 11 is 0. The Labute approximate surface area is 133 Å². The smallest absolute Gasteiger partial charge is 0.204 e. The predicted molar refractivity (Wildman–Crippen MR) is 83.2 cm³/mol. The van der Waals surface area contributed by atoms with E-state index in [0.29, 0.717) is 11.9 Å². The van der Waals surface area contributed by atoms with Gasteiger partial charge in [0.25, 0.3) is 0 Å². The van der Waals surface area contributed by atoms with Crippen LogP contribution in [0.2, 0.25) is 0 Å². The van der Waals surface area contributed by atoms with Crippen LogP contribution in [0.15, 0.2) is 34.9 Å². The van der Waals surface area contributed by atoms with E-state index in [9.17, 15) is 0 Å². The molecule has 3 aromatic rings. The molecule has 0 aliphatic carbocycles. The fourth-order valence-corrected chi connectivity index (χ4v) is 3.16. The lowest BCUT2D eigenvalue weighted by Gasteiger charge is -2.22. The van der Waals surface area contributed by atoms with Crippen molar-refractivity contribution < 1.29 is 4.52 Å². The summed E-state index contributed by atoms with van der Waals surface area (Å²) in [6.07, 6.45) is 2.31. The highest BCUT2D eigenvalue weighted by Gasteiger charge is 2.28. The van der Waals surface area contributed by atoms with E-state index in [4.69, 9.17) is 4.52 Å². The quantitative estimate of drug-likeness (QED) is 0.797. The first-order chi connectivity index (χ1) is 11.3. The van der Waals surface area contributed by atoms with Gasteiger partial charge in [0, 0.05) is 18.2 Å². The minimum absolute atomic E-state index is 0.327. The van der Waals surface area contributed by atoms with E-state index in [2.05, 4.69) is 42.8 Å². The van der Waals surface area contributed by atoms with E-state index in [1.54, 1.807) is 0 Å². The number of tetrazole rings is 1. The molecule has 23 heavy (non-hydrogen) atoms. The lowest BCUT2D eigenvalue weighted by molar-refractivity contribution is 0.206. The minimum Gasteiger partial charge on any atom is -0.359 e. The van der Waals surface area contributed by atoms with Crippen LogP contribution in [-0.2, 0) is 6.54 Å². The van der Waals surface area contributed by atoms with Crippen molar-refractivity contribution in [2.75, 3.05) is 6.54 Å². The maximum Gasteiger partial charge on any atom is 0.204 e. The summed E-state index contributed by atoms with van der Waals surface area (Å²) in [7, 11) is 0. The van der Waals surface area contributed by atoms with Crippen LogP contribution in [0.25, 0.3) is 11.4 Å². The first-order valence-electron chi connectivity index (χ1n) is 7.79. The van der Waals surface area contributed by atoms with Crippen LogP contribution in [-0.4, -0.2) is 37.2 Å². The van der Waals surface area contributed by atoms with E-state index in [1.165, 1.54) is 12.0 Å². The zero-order valence-corrected chi connectivity index (χ0v) is 12.9. The average Bonchev–Trinajstić information content (AvgIpc) is 3.29. The molecule has 0 bridgehead atoms. The van der Waals surface area contributed by atoms with Gasteiger partial charge < -0.3 is 4.52 Å². The van der Waals surface area contributed by atoms with E-state index in [0.717, 1.165) is 36.5 Å². The number of aryl methyl sites for hydroxylation is 1. The fourth-order valence-electron chi connectivity index (χ4n) is 3.16. The minimum atomic E-state index is 0.327. The fraction of sp³-hybridized carbons (Fsp3) is 0.375. The van der Waals surface area contributed by atoms with Gasteiger partial charge in [-0.3, -0.25) is 4.90 Å². The second kappa shape index (κ2) is 5.92. The largest absolute Gasteiger partial charge is 0.359 e. The molecule has 118 valence electrons. The zero-order chi connectivity index (χ0) is 15.6. The monoisotopic (exact) mass is 310 g/mol. The van der Waals surface area contributed by atoms with Crippen molar-refractivity contribution in [2.24, 2.45) is 0 Å². The molecule has 1 aliphatic heterocycles. The molecule has 1 aliphatic rings. The van der Waals surface area contributed by atoms with Crippen molar-refractivity contribution in [2.45, 2.75) is 32.4 Å². The molecule has 1 fully saturated rings. The number of nitrogens with zero attached hydrogens (tertiary/aromatic N) is 5. The Morgan fingerprint density at radius 2 is 2.17 bits per heavy atom. The lowest BCUT2D eigenvalue weighted by atomic mass is 10.1. The lowest BCUT2D eigenvalue weighted by Crippen LogP contribution is -2.22. The molecular weight excluding hydrogens is 292 g/mol. The predicted octanol–water partition coefficient (Wildman–Crippen LogP) is 2.50. The average molecular weight is 310 g/mol. The SMILES string of the molecule is Cc1cc([C@H]2CCCN2Cc2ccc(-c3nn[nH]n3)cc2)on1. The number of aromatic nitrogens is 5. The third-order valence-electron chi connectivity index (χ3n) is 4.28. The number of benzene rings is 1. The van der Waals surface area contributed by atoms with E-state index in [-0.39, 0.29) is 0 Å². The van der Waals surface area contributed by atoms with Crippen LogP contribution in [0, 0.1) is 6.92 Å². The summed E-state index contributed by atoms with van der Waals surface area (Å²) in [5.41, 5.74) is 3.17. The van der Waals surface area contributed by atoms with Crippen molar-refractivity contribution in [3.05, 3.63) is 47.3 Å². The van der Waals surface area contributed by atoms with Crippen molar-refractivity contribution in [1.82, 2.24) is 30.7 Å². The molecule has 4 rings (SSSR count). The Morgan fingerprint density at radius 1 is 1.30 bits per heavy atom. The van der Waals surface area contributed by atoms with Gasteiger partial charge in [-0.2, -0.15) is 5.21 Å². The Kier molecular flexibility index (Phi) is 3.63. The zero-order valence-electron chi connectivity index (χ0n) is 12.9. The van der Waals surface area contributed by atoms with E-state index >= 15 is 0 Å². The van der Waals surface area contributed by atoms with Gasteiger partial charge in [0.05, 0.1) is 11.7 Å². The third kappa shape index (κ3) is 2.87. The molecule has 7 heteroatoms. The van der Waals surface area contributed by atoms with Gasteiger partial charge in [-0.15, -0.1) is 10.2 Å². The molecule has 0 spiro atoms. The van der Waals surface area contributed by atoms with Crippen LogP contribution >= 0.6 is 0 Å². The number of H-pyrrole nitrogens is 1. The molecule has 0 amide bonds. The number of hydrogen-bond acceptors (Lipinski definition) is 6. The summed E-state index contributed by atoms with van der Waals surface area (Å²) in [5.74, 6) is 1.59. The van der Waals surface area contributed by atoms with Crippen LogP contribution in [0.4, 0.5) is 0 Å². The van der Waals surface area contributed by atoms with E-state index in [1.807, 2.05) is 25.1 Å². The Morgan fingerprint density at radius 3 is 2.87 bits per heavy atom. The van der Waals surface area contributed by atoms with Crippen molar-refractivity contribution in [1.29, 1.82) is 0 Å². The second-order valence-corrected chi connectivity index (χ2v) is 5.93. The van der Waals surface area contributed by atoms with Gasteiger partial charge >= 0.3 is 0 Å². The summed E-state index contributed by atoms with van der Waals surface area (Å²) in [4.78, 5) is 2.45. The van der Waals surface area contributed by atoms with Crippen molar-refractivity contribution >= 4 is 0 Å². The molecule has 7 nitrogen and oxygen atoms in total. The number of likely N-dealkylation sites (tertiary alicyclic amines) is 1. The van der Waals surface area contributed by atoms with Gasteiger partial charge in [0.15, 0.2) is 5.76 Å². The van der Waals surface area contributed by atoms with Crippen LogP contribution in [0.5, 0.6) is 0 Å². The van der Waals surface area contributed by atoms with Crippen LogP contribution in [0.1, 0.15) is 35.9 Å². The van der Waals surface area contributed by atoms with Crippen LogP contribution < -0.4 is 0 Å². The highest BCUT2D eigenvalue weighted by molar-refractivity contribution is 5.54. The topological polar surface area (TPSA) is 83.7 Å². The molecule has 1 atom stereocenters. The Balaban J connectivity index is 1.49. The third-order valence-corrected chi connectivity index (χ3v) is 4.28. The van der Waals surface area contributed by atoms with Crippen molar-refractivity contribution in [3.63, 3.8) is 0 Å². The normalized spacial score (nSPS) is 18.6. The molecule has 0 radical (unpaired) electrons. The summed E-state index contributed by atoms with van der Waals surface area (Å²) in [5, 5.41) is 18.1. The molecular formula is C16H18N6O. The Bertz CT molecular complexity index is 764. The molecule has 0 saturated carbocycles. The van der Waals surface area contributed by atoms with Crippen molar-refractivity contribution in [3.8, 4) is 11.4 Å². The molecule has 1 N–H and O–H groups in total. The van der Waals surface area contributed by atoms with Gasteiger partial charge in [-0.05, 0) is 37.1 Å². The van der Waals surface area contributed by atoms with Gasteiger partial charge in [0.1, 0.15) is 0 Å². The summed E-state index contributed by atoms with van der Waals surface area (Å²) in [6.45, 7) is 3.94. The van der Waals surface area contributed by atoms with Gasteiger partial charge in [-0.25, -0.2) is 0 Å². The van der Waals surface area contributed by atoms with E-state index < -0.39 is 0 Å². The molecule has 3 heterocycles. The molecule has 0 unspecified atom stereocenters. The first kappa shape index (κ1) is 14.1. The molecule has 1 saturated heterocycles. The summed E-state index contributed by atoms with van der Waals surface area (Å²) < 4.78 is 5.47. The molecule has 2 aromatic heterocycles. The number of hydrogen-bond donors (Lipinski definition) is 1. The van der Waals surface area contributed by atoms with Gasteiger partial charge in [0.2, 0.25) is 5.82 Å². The first-order valence-corrected chi connectivity index (χ1v) is 7.79. The van der Waals surface area contributed by atoms with Crippen LogP contribution in [0.3, 0.4) is 0 Å². The Hall–Kier alpha value is -2.54. The highest BCUT2D eigenvalue weighted by Crippen LogP contribution is 2.33. The maximum atomic E-state index is 5.47. The number of aromatic amines is 1. The molecule has 1 aromatic carbocycles. The number of nitrogens with one attached hydrogen (secondary N) is 1. The van der Waals surface area contributed by atoms with Gasteiger partial charge in [-0.1, -0.05) is 29.4 Å². The second-order valence-electron chi connectivity index (χ2n) is 5.93. The summed E-state index contributed by atoms with van der Waals surface area (Å²) in [6, 6.07) is 10.7.